The molecule has 0 fully saturated rings. The maximum absolute atomic E-state index is 5.59. The number of nitrogens with one attached hydrogen (secondary N) is 1. The molecule has 0 unspecified atom stereocenters. The summed E-state index contributed by atoms with van der Waals surface area (Å²) in [7, 11) is 0. The van der Waals surface area contributed by atoms with Crippen LogP contribution in [0.25, 0.3) is 0 Å². The fraction of sp³-hybridized carbons (Fsp3) is 0.556. The van der Waals surface area contributed by atoms with Gasteiger partial charge >= 0.3 is 0 Å². The van der Waals surface area contributed by atoms with Crippen LogP contribution in [0.1, 0.15) is 24.0 Å². The zero-order valence-corrected chi connectivity index (χ0v) is 6.81. The van der Waals surface area contributed by atoms with Crippen LogP contribution in [0.2, 0.25) is 0 Å². The van der Waals surface area contributed by atoms with Crippen LogP contribution in [0, 0.1) is 0 Å². The lowest BCUT2D eigenvalue weighted by molar-refractivity contribution is 0.436. The zero-order valence-electron chi connectivity index (χ0n) is 6.81. The highest BCUT2D eigenvalue weighted by Gasteiger charge is 2.13. The molecule has 2 nitrogen and oxygen atoms in total. The molecule has 0 radical (unpaired) electrons. The van der Waals surface area contributed by atoms with E-state index in [2.05, 4.69) is 18.3 Å². The Morgan fingerprint density at radius 3 is 3.27 bits per heavy atom. The van der Waals surface area contributed by atoms with Crippen molar-refractivity contribution in [2.45, 2.75) is 26.3 Å². The van der Waals surface area contributed by atoms with Crippen LogP contribution in [-0.2, 0) is 19.4 Å². The van der Waals surface area contributed by atoms with E-state index in [1.54, 1.807) is 0 Å². The van der Waals surface area contributed by atoms with Crippen molar-refractivity contribution in [3.8, 4) is 0 Å². The average Bonchev–Trinajstić information content (AvgIpc) is 2.46. The van der Waals surface area contributed by atoms with Gasteiger partial charge in [-0.15, -0.1) is 0 Å². The molecule has 2 heterocycles. The van der Waals surface area contributed by atoms with Gasteiger partial charge in [0.05, 0.1) is 6.54 Å². The summed E-state index contributed by atoms with van der Waals surface area (Å²) in [5, 5.41) is 3.28. The first-order valence-corrected chi connectivity index (χ1v) is 4.21. The van der Waals surface area contributed by atoms with Crippen LogP contribution in [0.15, 0.2) is 10.5 Å². The number of hydrogen-bond acceptors (Lipinski definition) is 2. The molecule has 0 bridgehead atoms. The highest BCUT2D eigenvalue weighted by molar-refractivity contribution is 5.23. The Morgan fingerprint density at radius 2 is 2.55 bits per heavy atom. The van der Waals surface area contributed by atoms with Crippen molar-refractivity contribution in [2.75, 3.05) is 6.54 Å². The number of furan rings is 1. The van der Waals surface area contributed by atoms with E-state index in [0.717, 1.165) is 37.5 Å². The minimum absolute atomic E-state index is 0.912. The molecule has 1 aliphatic heterocycles. The smallest absolute Gasteiger partial charge is 0.121 e. The summed E-state index contributed by atoms with van der Waals surface area (Å²) in [4.78, 5) is 0. The SMILES string of the molecule is CCc1cc2c(o1)CNCC2. The molecule has 0 atom stereocenters. The molecule has 1 aromatic heterocycles. The lowest BCUT2D eigenvalue weighted by atomic mass is 10.1. The van der Waals surface area contributed by atoms with E-state index in [0.29, 0.717) is 0 Å². The quantitative estimate of drug-likeness (QED) is 0.657. The second-order valence-corrected chi connectivity index (χ2v) is 2.94. The van der Waals surface area contributed by atoms with Gasteiger partial charge in [-0.2, -0.15) is 0 Å². The van der Waals surface area contributed by atoms with Gasteiger partial charge in [0.2, 0.25) is 0 Å². The Hall–Kier alpha value is -0.760. The molecule has 0 amide bonds. The predicted octanol–water partition coefficient (Wildman–Crippen LogP) is 1.49. The second-order valence-electron chi connectivity index (χ2n) is 2.94. The molecule has 1 aromatic rings. The fourth-order valence-corrected chi connectivity index (χ4v) is 1.49. The molecule has 2 rings (SSSR count). The highest BCUT2D eigenvalue weighted by Crippen LogP contribution is 2.18. The van der Waals surface area contributed by atoms with Crippen LogP contribution in [0.4, 0.5) is 0 Å². The van der Waals surface area contributed by atoms with Crippen LogP contribution < -0.4 is 5.32 Å². The number of hydrogen-bond donors (Lipinski definition) is 1. The van der Waals surface area contributed by atoms with E-state index < -0.39 is 0 Å². The molecular formula is C9H13NO. The maximum Gasteiger partial charge on any atom is 0.121 e. The van der Waals surface area contributed by atoms with E-state index in [1.807, 2.05) is 0 Å². The summed E-state index contributed by atoms with van der Waals surface area (Å²) in [5.74, 6) is 2.27. The molecule has 0 aliphatic carbocycles. The Kier molecular flexibility index (Phi) is 1.70. The first kappa shape index (κ1) is 6.92. The monoisotopic (exact) mass is 151 g/mol. The number of fused-ring (bicyclic) bond motifs is 1. The third-order valence-corrected chi connectivity index (χ3v) is 2.15. The van der Waals surface area contributed by atoms with Crippen molar-refractivity contribution in [3.05, 3.63) is 23.2 Å². The standard InChI is InChI=1S/C9H13NO/c1-2-8-5-7-3-4-10-6-9(7)11-8/h5,10H,2-4,6H2,1H3. The van der Waals surface area contributed by atoms with Gasteiger partial charge in [0.15, 0.2) is 0 Å². The lowest BCUT2D eigenvalue weighted by Crippen LogP contribution is -2.22. The van der Waals surface area contributed by atoms with Crippen molar-refractivity contribution in [2.24, 2.45) is 0 Å². The summed E-state index contributed by atoms with van der Waals surface area (Å²) in [6.45, 7) is 4.13. The normalized spacial score (nSPS) is 16.5. The highest BCUT2D eigenvalue weighted by atomic mass is 16.3. The Morgan fingerprint density at radius 1 is 1.64 bits per heavy atom. The lowest BCUT2D eigenvalue weighted by Gasteiger charge is -2.09. The Balaban J connectivity index is 2.32. The van der Waals surface area contributed by atoms with Crippen LogP contribution in [-0.4, -0.2) is 6.54 Å². The summed E-state index contributed by atoms with van der Waals surface area (Å²) in [6, 6.07) is 2.19. The number of rotatable bonds is 1. The van der Waals surface area contributed by atoms with Gasteiger partial charge in [-0.3, -0.25) is 0 Å². The van der Waals surface area contributed by atoms with Gasteiger partial charge in [0, 0.05) is 6.42 Å². The molecule has 1 N–H and O–H groups in total. The molecule has 0 saturated carbocycles. The third-order valence-electron chi connectivity index (χ3n) is 2.15. The van der Waals surface area contributed by atoms with E-state index in [4.69, 9.17) is 4.42 Å². The largest absolute Gasteiger partial charge is 0.464 e. The average molecular weight is 151 g/mol. The predicted molar refractivity (Wildman–Crippen MR) is 43.5 cm³/mol. The molecule has 0 aromatic carbocycles. The van der Waals surface area contributed by atoms with Gasteiger partial charge in [0.25, 0.3) is 0 Å². The summed E-state index contributed by atoms with van der Waals surface area (Å²) in [6.07, 6.45) is 2.13. The molecule has 60 valence electrons. The van der Waals surface area contributed by atoms with E-state index >= 15 is 0 Å². The van der Waals surface area contributed by atoms with Gasteiger partial charge in [0.1, 0.15) is 11.5 Å². The van der Waals surface area contributed by atoms with Gasteiger partial charge in [-0.1, -0.05) is 6.92 Å². The minimum atomic E-state index is 0.912. The Bertz CT molecular complexity index is 229. The first-order valence-electron chi connectivity index (χ1n) is 4.21. The van der Waals surface area contributed by atoms with Crippen molar-refractivity contribution in [1.29, 1.82) is 0 Å². The van der Waals surface area contributed by atoms with Crippen molar-refractivity contribution in [3.63, 3.8) is 0 Å². The number of aryl methyl sites for hydroxylation is 1. The van der Waals surface area contributed by atoms with Crippen LogP contribution in [0.5, 0.6) is 0 Å². The maximum atomic E-state index is 5.59. The van der Waals surface area contributed by atoms with Crippen LogP contribution >= 0.6 is 0 Å². The van der Waals surface area contributed by atoms with Crippen molar-refractivity contribution < 1.29 is 4.42 Å². The topological polar surface area (TPSA) is 25.2 Å². The molecule has 11 heavy (non-hydrogen) atoms. The Labute approximate surface area is 66.6 Å². The van der Waals surface area contributed by atoms with Crippen molar-refractivity contribution >= 4 is 0 Å². The fourth-order valence-electron chi connectivity index (χ4n) is 1.49. The van der Waals surface area contributed by atoms with Gasteiger partial charge < -0.3 is 9.73 Å². The molecular weight excluding hydrogens is 138 g/mol. The first-order chi connectivity index (χ1) is 5.40. The van der Waals surface area contributed by atoms with Crippen LogP contribution in [0.3, 0.4) is 0 Å². The molecule has 1 aliphatic rings. The van der Waals surface area contributed by atoms with E-state index in [-0.39, 0.29) is 0 Å². The summed E-state index contributed by atoms with van der Waals surface area (Å²) < 4.78 is 5.59. The minimum Gasteiger partial charge on any atom is -0.464 e. The van der Waals surface area contributed by atoms with Gasteiger partial charge in [-0.05, 0) is 24.6 Å². The molecule has 2 heteroatoms. The summed E-state index contributed by atoms with van der Waals surface area (Å²) >= 11 is 0. The zero-order chi connectivity index (χ0) is 7.68. The van der Waals surface area contributed by atoms with Crippen molar-refractivity contribution in [1.82, 2.24) is 5.32 Å². The second kappa shape index (κ2) is 2.70. The van der Waals surface area contributed by atoms with E-state index in [1.165, 1.54) is 5.56 Å². The molecule has 0 saturated heterocycles. The van der Waals surface area contributed by atoms with E-state index in [9.17, 15) is 0 Å². The summed E-state index contributed by atoms with van der Waals surface area (Å²) in [5.41, 5.74) is 1.40. The molecule has 0 spiro atoms. The third kappa shape index (κ3) is 1.18. The van der Waals surface area contributed by atoms with Gasteiger partial charge in [-0.25, -0.2) is 0 Å².